The van der Waals surface area contributed by atoms with E-state index in [4.69, 9.17) is 17.3 Å². The summed E-state index contributed by atoms with van der Waals surface area (Å²) in [6.07, 6.45) is -0.244. The molecule has 1 saturated carbocycles. The van der Waals surface area contributed by atoms with Crippen molar-refractivity contribution in [2.45, 2.75) is 30.6 Å². The fourth-order valence-electron chi connectivity index (χ4n) is 5.72. The van der Waals surface area contributed by atoms with Crippen LogP contribution in [0.5, 0.6) is 5.75 Å². The van der Waals surface area contributed by atoms with Gasteiger partial charge in [-0.2, -0.15) is 0 Å². The van der Waals surface area contributed by atoms with Gasteiger partial charge in [0.2, 0.25) is 5.78 Å². The maximum Gasteiger partial charge on any atom is 0.255 e. The number of halogens is 1. The Morgan fingerprint density at radius 2 is 1.85 bits per heavy atom. The average molecular weight is 494 g/mol. The Kier molecular flexibility index (Phi) is 5.35. The van der Waals surface area contributed by atoms with Crippen molar-refractivity contribution in [3.8, 4) is 5.75 Å². The molecule has 0 bridgehead atoms. The van der Waals surface area contributed by atoms with Crippen LogP contribution in [0.25, 0.3) is 5.70 Å². The number of Topliss-reactive ketones (excluding diaryl/α,β-unsaturated/α-hetero) is 2. The van der Waals surface area contributed by atoms with E-state index in [0.717, 1.165) is 0 Å². The summed E-state index contributed by atoms with van der Waals surface area (Å²) in [6, 6.07) is 1.28. The number of carbonyl (C=O) groups excluding carboxylic acids is 3. The number of ketones is 2. The number of nitrogens with zero attached hydrogens (tertiary/aromatic N) is 1. The van der Waals surface area contributed by atoms with Gasteiger partial charge >= 0.3 is 0 Å². The molecular weight excluding hydrogens is 470 g/mol. The van der Waals surface area contributed by atoms with Gasteiger partial charge in [-0.25, -0.2) is 0 Å². The van der Waals surface area contributed by atoms with Gasteiger partial charge in [0, 0.05) is 33.6 Å². The number of nitrogens with one attached hydrogen (secondary N) is 1. The molecule has 0 saturated heterocycles. The van der Waals surface area contributed by atoms with E-state index in [-0.39, 0.29) is 33.8 Å². The topological polar surface area (TPSA) is 194 Å². The number of phenols is 1. The predicted octanol–water partition coefficient (Wildman–Crippen LogP) is -0.297. The highest BCUT2D eigenvalue weighted by atomic mass is 35.5. The van der Waals surface area contributed by atoms with E-state index in [9.17, 15) is 40.0 Å². The number of aliphatic hydroxyl groups excluding tert-OH is 1. The van der Waals surface area contributed by atoms with Gasteiger partial charge in [-0.3, -0.25) is 30.0 Å². The van der Waals surface area contributed by atoms with Crippen LogP contribution < -0.4 is 11.2 Å². The number of fused-ring (bicyclic) bond motifs is 3. The number of primary amides is 1. The lowest BCUT2D eigenvalue weighted by atomic mass is 9.54. The molecule has 3 aliphatic carbocycles. The molecule has 182 valence electrons. The first-order valence-corrected chi connectivity index (χ1v) is 10.7. The quantitative estimate of drug-likeness (QED) is 0.217. The van der Waals surface area contributed by atoms with Crippen molar-refractivity contribution in [2.75, 3.05) is 14.1 Å². The van der Waals surface area contributed by atoms with Gasteiger partial charge in [0.25, 0.3) is 5.91 Å². The molecule has 8 N–H and O–H groups in total. The van der Waals surface area contributed by atoms with Crippen molar-refractivity contribution in [1.82, 2.24) is 10.4 Å². The molecule has 1 fully saturated rings. The molecule has 1 amide bonds. The first kappa shape index (κ1) is 24.2. The van der Waals surface area contributed by atoms with Gasteiger partial charge < -0.3 is 26.2 Å². The van der Waals surface area contributed by atoms with Gasteiger partial charge in [-0.15, -0.1) is 0 Å². The van der Waals surface area contributed by atoms with Crippen LogP contribution in [0.2, 0.25) is 5.02 Å². The second-order valence-electron chi connectivity index (χ2n) is 9.22. The van der Waals surface area contributed by atoms with Crippen LogP contribution in [0.15, 0.2) is 29.0 Å². The summed E-state index contributed by atoms with van der Waals surface area (Å²) in [6.45, 7) is 1.35. The molecule has 5 atom stereocenters. The second-order valence-corrected chi connectivity index (χ2v) is 9.62. The summed E-state index contributed by atoms with van der Waals surface area (Å²) in [5.41, 5.74) is 0.733. The summed E-state index contributed by atoms with van der Waals surface area (Å²) in [5, 5.41) is 54.6. The number of hydrogen-bond donors (Lipinski definition) is 7. The van der Waals surface area contributed by atoms with E-state index in [2.05, 4.69) is 0 Å². The number of hydroxylamine groups is 1. The van der Waals surface area contributed by atoms with Gasteiger partial charge in [0.15, 0.2) is 11.4 Å². The fourth-order valence-corrected chi connectivity index (χ4v) is 6.07. The van der Waals surface area contributed by atoms with Crippen LogP contribution in [0.1, 0.15) is 24.5 Å². The summed E-state index contributed by atoms with van der Waals surface area (Å²) in [5.74, 6) is -7.43. The van der Waals surface area contributed by atoms with Crippen LogP contribution in [-0.2, 0) is 20.0 Å². The average Bonchev–Trinajstić information content (AvgIpc) is 2.73. The van der Waals surface area contributed by atoms with Crippen LogP contribution in [0.4, 0.5) is 0 Å². The predicted molar refractivity (Wildman–Crippen MR) is 117 cm³/mol. The monoisotopic (exact) mass is 493 g/mol. The molecule has 0 radical (unpaired) electrons. The Morgan fingerprint density at radius 3 is 2.38 bits per heavy atom. The maximum atomic E-state index is 13.9. The third kappa shape index (κ3) is 2.82. The third-order valence-electron chi connectivity index (χ3n) is 7.21. The van der Waals surface area contributed by atoms with Crippen LogP contribution in [0, 0.1) is 11.8 Å². The third-order valence-corrected chi connectivity index (χ3v) is 7.53. The molecule has 4 rings (SSSR count). The number of carbonyl (C=O) groups is 3. The van der Waals surface area contributed by atoms with Crippen molar-refractivity contribution in [1.29, 1.82) is 0 Å². The van der Waals surface area contributed by atoms with Gasteiger partial charge in [0.05, 0.1) is 17.3 Å². The van der Waals surface area contributed by atoms with Gasteiger partial charge in [0.1, 0.15) is 17.1 Å². The van der Waals surface area contributed by atoms with Gasteiger partial charge in [-0.1, -0.05) is 11.6 Å². The smallest absolute Gasteiger partial charge is 0.255 e. The number of nitrogens with two attached hydrogens (primary N) is 1. The summed E-state index contributed by atoms with van der Waals surface area (Å²) >= 11 is 6.33. The Balaban J connectivity index is 2.10. The lowest BCUT2D eigenvalue weighted by molar-refractivity contribution is -0.159. The number of benzene rings is 1. The molecule has 1 aromatic carbocycles. The molecule has 12 heteroatoms. The number of rotatable bonds is 3. The maximum absolute atomic E-state index is 13.9. The normalized spacial score (nSPS) is 33.0. The number of aliphatic hydroxyl groups is 3. The van der Waals surface area contributed by atoms with Gasteiger partial charge in [-0.05, 0) is 39.6 Å². The lowest BCUT2D eigenvalue weighted by Crippen LogP contribution is -2.67. The number of hydrogen-bond acceptors (Lipinski definition) is 10. The van der Waals surface area contributed by atoms with E-state index in [1.54, 1.807) is 0 Å². The molecule has 34 heavy (non-hydrogen) atoms. The number of likely N-dealkylation sites (N-methyl/N-ethyl adjacent to an activating group) is 1. The van der Waals surface area contributed by atoms with Crippen molar-refractivity contribution in [3.05, 3.63) is 45.2 Å². The minimum Gasteiger partial charge on any atom is -0.508 e. The molecule has 0 aliphatic heterocycles. The van der Waals surface area contributed by atoms with E-state index in [1.165, 1.54) is 38.1 Å². The zero-order chi connectivity index (χ0) is 25.5. The largest absolute Gasteiger partial charge is 0.508 e. The zero-order valence-corrected chi connectivity index (χ0v) is 19.2. The lowest BCUT2D eigenvalue weighted by Gasteiger charge is -2.53. The summed E-state index contributed by atoms with van der Waals surface area (Å²) < 4.78 is 0. The van der Waals surface area contributed by atoms with Crippen LogP contribution in [-0.4, -0.2) is 73.7 Å². The van der Waals surface area contributed by atoms with Crippen LogP contribution >= 0.6 is 11.6 Å². The summed E-state index contributed by atoms with van der Waals surface area (Å²) in [7, 11) is 2.98. The number of aromatic hydroxyl groups is 1. The van der Waals surface area contributed by atoms with E-state index >= 15 is 0 Å². The SMILES string of the molecule is CN(C)[C@@H]1C(=O)C(C(N)=O)=C(O)[C@@]2(O)C(=O)C3=C(NO)c4c(O)ccc(Cl)c4C(C)(O)C3CC12. The minimum atomic E-state index is -2.77. The standard InChI is InChI=1S/C22H24ClN3O8/c1-21(32)7-6-8-16(26(2)3)17(28)13(20(24)31)19(30)22(8,33)18(29)11(7)15(25-34)12-10(27)5-4-9(23)14(12)21/h4-5,7-8,16,25,27,30,32-34H,6H2,1-3H3,(H2,24,31)/t7?,8?,16-,21?,22-/m0/s1. The molecule has 0 aromatic heterocycles. The highest BCUT2D eigenvalue weighted by Crippen LogP contribution is 2.58. The first-order valence-electron chi connectivity index (χ1n) is 10.3. The highest BCUT2D eigenvalue weighted by molar-refractivity contribution is 6.32. The number of phenolic OH excluding ortho intramolecular Hbond substituents is 1. The Morgan fingerprint density at radius 1 is 1.24 bits per heavy atom. The van der Waals surface area contributed by atoms with E-state index in [1.807, 2.05) is 5.48 Å². The molecule has 3 aliphatic rings. The number of amides is 1. The summed E-state index contributed by atoms with van der Waals surface area (Å²) in [4.78, 5) is 40.4. The molecule has 3 unspecified atom stereocenters. The Labute approximate surface area is 198 Å². The molecule has 0 heterocycles. The zero-order valence-electron chi connectivity index (χ0n) is 18.5. The van der Waals surface area contributed by atoms with Crippen molar-refractivity contribution < 1.29 is 40.0 Å². The van der Waals surface area contributed by atoms with Crippen molar-refractivity contribution in [3.63, 3.8) is 0 Å². The minimum absolute atomic E-state index is 0.0267. The molecular formula is C22H24ClN3O8. The van der Waals surface area contributed by atoms with E-state index in [0.29, 0.717) is 0 Å². The van der Waals surface area contributed by atoms with Crippen LogP contribution in [0.3, 0.4) is 0 Å². The molecule has 1 aromatic rings. The molecule has 0 spiro atoms. The van der Waals surface area contributed by atoms with Crippen molar-refractivity contribution in [2.24, 2.45) is 17.6 Å². The van der Waals surface area contributed by atoms with Crippen molar-refractivity contribution >= 4 is 34.8 Å². The highest BCUT2D eigenvalue weighted by Gasteiger charge is 2.66. The Hall–Kier alpha value is -2.96. The molecule has 11 nitrogen and oxygen atoms in total. The fraction of sp³-hybridized carbons (Fsp3) is 0.409. The Bertz CT molecular complexity index is 1220. The first-order chi connectivity index (χ1) is 15.7. The van der Waals surface area contributed by atoms with E-state index < -0.39 is 63.6 Å². The second kappa shape index (κ2) is 7.52.